The summed E-state index contributed by atoms with van der Waals surface area (Å²) in [4.78, 5) is 10.7. The number of nitrogens with zero attached hydrogens (tertiary/aromatic N) is 1. The molecule has 0 aromatic carbocycles. The van der Waals surface area contributed by atoms with Crippen LogP contribution in [-0.4, -0.2) is 40.2 Å². The second-order valence-corrected chi connectivity index (χ2v) is 9.90. The van der Waals surface area contributed by atoms with Gasteiger partial charge in [0.05, 0.1) is 27.1 Å². The fraction of sp³-hybridized carbons (Fsp3) is 0.955. The maximum Gasteiger partial charge on any atom is 0.303 e. The zero-order valence-electron chi connectivity index (χ0n) is 17.8. The third-order valence-corrected chi connectivity index (χ3v) is 7.56. The van der Waals surface area contributed by atoms with Gasteiger partial charge < -0.3 is 9.59 Å². The highest BCUT2D eigenvalue weighted by Gasteiger charge is 2.24. The van der Waals surface area contributed by atoms with Gasteiger partial charge in [-0.1, -0.05) is 84.0 Å². The third-order valence-electron chi connectivity index (χ3n) is 5.43. The van der Waals surface area contributed by atoms with Crippen molar-refractivity contribution in [2.75, 3.05) is 20.6 Å². The highest BCUT2D eigenvalue weighted by molar-refractivity contribution is 14.1. The standard InChI is InChI=1S/C22H44INO2/c1-4-5-6-7-8-9-10-11-12-13-14-15-16-18-21(23)24(2,3)20-17-19-22(25)26/h21H,4-20H2,1-3H3/p+1. The Kier molecular flexibility index (Phi) is 17.4. The zero-order valence-corrected chi connectivity index (χ0v) is 19.9. The van der Waals surface area contributed by atoms with Crippen LogP contribution in [0, 0.1) is 0 Å². The number of quaternary nitrogens is 1. The number of carboxylic acid groups (broad SMARTS) is 1. The van der Waals surface area contributed by atoms with E-state index in [0.29, 0.717) is 10.5 Å². The molecule has 0 aromatic rings. The fourth-order valence-electron chi connectivity index (χ4n) is 3.46. The topological polar surface area (TPSA) is 37.3 Å². The van der Waals surface area contributed by atoms with Gasteiger partial charge in [-0.3, -0.25) is 4.79 Å². The molecule has 0 spiro atoms. The van der Waals surface area contributed by atoms with Crippen LogP contribution in [0.3, 0.4) is 0 Å². The van der Waals surface area contributed by atoms with Gasteiger partial charge in [0.2, 0.25) is 0 Å². The molecule has 0 aliphatic carbocycles. The quantitative estimate of drug-likeness (QED) is 0.0697. The van der Waals surface area contributed by atoms with Gasteiger partial charge in [-0.2, -0.15) is 0 Å². The molecule has 26 heavy (non-hydrogen) atoms. The maximum atomic E-state index is 10.7. The van der Waals surface area contributed by atoms with Crippen LogP contribution >= 0.6 is 22.6 Å². The molecule has 4 heteroatoms. The van der Waals surface area contributed by atoms with Gasteiger partial charge in [0.15, 0.2) is 0 Å². The molecule has 0 saturated carbocycles. The minimum Gasteiger partial charge on any atom is -0.481 e. The van der Waals surface area contributed by atoms with Crippen LogP contribution in [-0.2, 0) is 4.79 Å². The van der Waals surface area contributed by atoms with E-state index in [2.05, 4.69) is 43.6 Å². The molecule has 0 aliphatic rings. The summed E-state index contributed by atoms with van der Waals surface area (Å²) in [7, 11) is 4.47. The highest BCUT2D eigenvalue weighted by atomic mass is 127. The molecule has 0 aliphatic heterocycles. The number of hydrogen-bond acceptors (Lipinski definition) is 1. The summed E-state index contributed by atoms with van der Waals surface area (Å²) < 4.78 is 1.53. The highest BCUT2D eigenvalue weighted by Crippen LogP contribution is 2.22. The van der Waals surface area contributed by atoms with E-state index in [9.17, 15) is 4.79 Å². The molecule has 0 aromatic heterocycles. The number of alkyl halides is 1. The molecular formula is C22H45INO2+. The van der Waals surface area contributed by atoms with Gasteiger partial charge in [-0.15, -0.1) is 0 Å². The van der Waals surface area contributed by atoms with Crippen molar-refractivity contribution in [3.8, 4) is 0 Å². The van der Waals surface area contributed by atoms with Gasteiger partial charge in [-0.25, -0.2) is 0 Å². The van der Waals surface area contributed by atoms with E-state index >= 15 is 0 Å². The van der Waals surface area contributed by atoms with Crippen LogP contribution in [0.2, 0.25) is 0 Å². The smallest absolute Gasteiger partial charge is 0.303 e. The van der Waals surface area contributed by atoms with Crippen molar-refractivity contribution >= 4 is 28.6 Å². The predicted octanol–water partition coefficient (Wildman–Crippen LogP) is 7.17. The number of hydrogen-bond donors (Lipinski definition) is 1. The second-order valence-electron chi connectivity index (χ2n) is 8.47. The van der Waals surface area contributed by atoms with Crippen LogP contribution in [0.1, 0.15) is 110 Å². The Labute approximate surface area is 177 Å². The van der Waals surface area contributed by atoms with Gasteiger partial charge in [0.1, 0.15) is 4.05 Å². The summed E-state index contributed by atoms with van der Waals surface area (Å²) in [6, 6.07) is 0. The SMILES string of the molecule is CCCCCCCCCCCCCCCC(I)[N+](C)(C)CCCC(=O)O. The molecule has 1 N–H and O–H groups in total. The average Bonchev–Trinajstić information content (AvgIpc) is 2.58. The maximum absolute atomic E-state index is 10.7. The fourth-order valence-corrected chi connectivity index (χ4v) is 4.18. The Morgan fingerprint density at radius 3 is 1.65 bits per heavy atom. The van der Waals surface area contributed by atoms with Crippen molar-refractivity contribution in [2.45, 2.75) is 114 Å². The van der Waals surface area contributed by atoms with Gasteiger partial charge in [0, 0.05) is 12.8 Å². The summed E-state index contributed by atoms with van der Waals surface area (Å²) in [5.41, 5.74) is 0. The number of carbonyl (C=O) groups is 1. The van der Waals surface area contributed by atoms with E-state index in [0.717, 1.165) is 17.4 Å². The van der Waals surface area contributed by atoms with Crippen molar-refractivity contribution in [3.05, 3.63) is 0 Å². The molecule has 0 bridgehead atoms. The largest absolute Gasteiger partial charge is 0.481 e. The van der Waals surface area contributed by atoms with Crippen LogP contribution in [0.15, 0.2) is 0 Å². The molecular weight excluding hydrogens is 437 g/mol. The lowest BCUT2D eigenvalue weighted by Crippen LogP contribution is -2.46. The minimum absolute atomic E-state index is 0.295. The number of unbranched alkanes of at least 4 members (excludes halogenated alkanes) is 12. The number of rotatable bonds is 19. The van der Waals surface area contributed by atoms with Crippen LogP contribution in [0.25, 0.3) is 0 Å². The van der Waals surface area contributed by atoms with Crippen molar-refractivity contribution < 1.29 is 14.4 Å². The molecule has 0 rings (SSSR count). The Morgan fingerprint density at radius 1 is 0.808 bits per heavy atom. The third kappa shape index (κ3) is 16.3. The summed E-state index contributed by atoms with van der Waals surface area (Å²) >= 11 is 2.56. The van der Waals surface area contributed by atoms with Crippen LogP contribution < -0.4 is 0 Å². The molecule has 0 fully saturated rings. The molecule has 1 atom stereocenters. The van der Waals surface area contributed by atoms with Crippen molar-refractivity contribution in [1.82, 2.24) is 0 Å². The van der Waals surface area contributed by atoms with Crippen molar-refractivity contribution in [3.63, 3.8) is 0 Å². The normalized spacial score (nSPS) is 13.1. The average molecular weight is 483 g/mol. The Balaban J connectivity index is 3.44. The first-order valence-corrected chi connectivity index (χ1v) is 12.3. The van der Waals surface area contributed by atoms with Crippen LogP contribution in [0.5, 0.6) is 0 Å². The van der Waals surface area contributed by atoms with E-state index in [1.165, 1.54) is 89.9 Å². The minimum atomic E-state index is -0.675. The summed E-state index contributed by atoms with van der Waals surface area (Å²) in [6.07, 6.45) is 20.6. The summed E-state index contributed by atoms with van der Waals surface area (Å²) in [5.74, 6) is -0.675. The molecule has 3 nitrogen and oxygen atoms in total. The number of carboxylic acids is 1. The van der Waals surface area contributed by atoms with E-state index in [-0.39, 0.29) is 0 Å². The molecule has 156 valence electrons. The first kappa shape index (κ1) is 26.2. The van der Waals surface area contributed by atoms with Crippen LogP contribution in [0.4, 0.5) is 0 Å². The number of aliphatic carboxylic acids is 1. The zero-order chi connectivity index (χ0) is 19.7. The van der Waals surface area contributed by atoms with E-state index < -0.39 is 5.97 Å². The second kappa shape index (κ2) is 17.3. The first-order valence-electron chi connectivity index (χ1n) is 11.1. The lowest BCUT2D eigenvalue weighted by molar-refractivity contribution is -0.896. The van der Waals surface area contributed by atoms with E-state index in [4.69, 9.17) is 5.11 Å². The molecule has 1 unspecified atom stereocenters. The lowest BCUT2D eigenvalue weighted by Gasteiger charge is -2.35. The Morgan fingerprint density at radius 2 is 1.23 bits per heavy atom. The first-order chi connectivity index (χ1) is 12.4. The predicted molar refractivity (Wildman–Crippen MR) is 122 cm³/mol. The van der Waals surface area contributed by atoms with E-state index in [1.54, 1.807) is 0 Å². The molecule has 0 amide bonds. The summed E-state index contributed by atoms with van der Waals surface area (Å²) in [6.45, 7) is 3.24. The van der Waals surface area contributed by atoms with Crippen molar-refractivity contribution in [2.24, 2.45) is 0 Å². The summed E-state index contributed by atoms with van der Waals surface area (Å²) in [5, 5.41) is 8.78. The molecule has 0 radical (unpaired) electrons. The van der Waals surface area contributed by atoms with Gasteiger partial charge >= 0.3 is 5.97 Å². The molecule has 0 heterocycles. The Bertz CT molecular complexity index is 334. The molecule has 0 saturated heterocycles. The van der Waals surface area contributed by atoms with Gasteiger partial charge in [0.25, 0.3) is 0 Å². The monoisotopic (exact) mass is 482 g/mol. The van der Waals surface area contributed by atoms with Crippen molar-refractivity contribution in [1.29, 1.82) is 0 Å². The van der Waals surface area contributed by atoms with E-state index in [1.807, 2.05) is 0 Å². The number of halogens is 1. The van der Waals surface area contributed by atoms with Gasteiger partial charge in [-0.05, 0) is 29.0 Å². The lowest BCUT2D eigenvalue weighted by atomic mass is 10.0. The Hall–Kier alpha value is 0.160.